The van der Waals surface area contributed by atoms with Gasteiger partial charge in [-0.2, -0.15) is 5.10 Å². The third-order valence-corrected chi connectivity index (χ3v) is 4.99. The number of nitrogens with zero attached hydrogens (tertiary/aromatic N) is 2. The highest BCUT2D eigenvalue weighted by molar-refractivity contribution is 7.89. The normalized spacial score (nSPS) is 12.8. The van der Waals surface area contributed by atoms with Crippen LogP contribution >= 0.6 is 0 Å². The lowest BCUT2D eigenvalue weighted by Crippen LogP contribution is -2.29. The largest absolute Gasteiger partial charge is 0.449 e. The number of ether oxygens (including phenoxy) is 1. The summed E-state index contributed by atoms with van der Waals surface area (Å²) in [5.41, 5.74) is 2.83. The fourth-order valence-electron chi connectivity index (χ4n) is 2.42. The number of nitrogens with one attached hydrogen (secondary N) is 1. The first kappa shape index (κ1) is 21.3. The number of rotatable bonds is 6. The molecule has 0 aliphatic heterocycles. The van der Waals surface area contributed by atoms with Gasteiger partial charge in [-0.3, -0.25) is 9.48 Å². The zero-order chi connectivity index (χ0) is 21.1. The van der Waals surface area contributed by atoms with Crippen LogP contribution in [-0.4, -0.2) is 36.2 Å². The van der Waals surface area contributed by atoms with Crippen LogP contribution in [0.15, 0.2) is 35.2 Å². The second kappa shape index (κ2) is 8.36. The molecule has 0 saturated carbocycles. The quantitative estimate of drug-likeness (QED) is 0.548. The Labute approximate surface area is 163 Å². The highest BCUT2D eigenvalue weighted by Gasteiger charge is 2.17. The summed E-state index contributed by atoms with van der Waals surface area (Å²) in [6.45, 7) is 5.14. The van der Waals surface area contributed by atoms with E-state index in [9.17, 15) is 18.0 Å². The van der Waals surface area contributed by atoms with Crippen molar-refractivity contribution in [1.29, 1.82) is 0 Å². The van der Waals surface area contributed by atoms with Gasteiger partial charge in [0.2, 0.25) is 10.0 Å². The molecule has 2 rings (SSSR count). The van der Waals surface area contributed by atoms with E-state index in [2.05, 4.69) is 10.4 Å². The maximum atomic E-state index is 12.1. The molecule has 0 aliphatic carbocycles. The van der Waals surface area contributed by atoms with Crippen LogP contribution in [0.2, 0.25) is 0 Å². The Morgan fingerprint density at radius 3 is 2.36 bits per heavy atom. The summed E-state index contributed by atoms with van der Waals surface area (Å²) in [4.78, 5) is 24.0. The first-order chi connectivity index (χ1) is 13.0. The SMILES string of the molecule is Cc1nn(C)c(C)c1/C=C/C(=O)O[C@@H](C)C(=O)Nc1ccc(S(N)(=O)=O)cc1. The molecule has 0 fully saturated rings. The Hall–Kier alpha value is -2.98. The molecule has 1 aromatic heterocycles. The van der Waals surface area contributed by atoms with E-state index in [0.29, 0.717) is 5.69 Å². The first-order valence-corrected chi connectivity index (χ1v) is 9.86. The molecular formula is C18H22N4O5S. The number of sulfonamides is 1. The Kier molecular flexibility index (Phi) is 6.37. The van der Waals surface area contributed by atoms with E-state index in [1.807, 2.05) is 13.8 Å². The maximum absolute atomic E-state index is 12.1. The Bertz CT molecular complexity index is 1020. The van der Waals surface area contributed by atoms with Crippen LogP contribution in [0.3, 0.4) is 0 Å². The summed E-state index contributed by atoms with van der Waals surface area (Å²) in [7, 11) is -2.00. The molecule has 2 aromatic rings. The van der Waals surface area contributed by atoms with Crippen LogP contribution in [0.1, 0.15) is 23.9 Å². The predicted molar refractivity (Wildman–Crippen MR) is 104 cm³/mol. The van der Waals surface area contributed by atoms with E-state index in [4.69, 9.17) is 9.88 Å². The van der Waals surface area contributed by atoms with E-state index >= 15 is 0 Å². The second-order valence-electron chi connectivity index (χ2n) is 6.18. The monoisotopic (exact) mass is 406 g/mol. The highest BCUT2D eigenvalue weighted by Crippen LogP contribution is 2.15. The summed E-state index contributed by atoms with van der Waals surface area (Å²) in [6.07, 6.45) is 1.78. The molecule has 1 heterocycles. The van der Waals surface area contributed by atoms with Crippen LogP contribution in [0.25, 0.3) is 6.08 Å². The van der Waals surface area contributed by atoms with E-state index in [-0.39, 0.29) is 4.90 Å². The van der Waals surface area contributed by atoms with Crippen molar-refractivity contribution in [2.45, 2.75) is 31.8 Å². The number of hydrogen-bond acceptors (Lipinski definition) is 6. The van der Waals surface area contributed by atoms with E-state index in [0.717, 1.165) is 17.0 Å². The zero-order valence-corrected chi connectivity index (χ0v) is 16.8. The van der Waals surface area contributed by atoms with Crippen molar-refractivity contribution >= 4 is 33.7 Å². The number of hydrogen-bond donors (Lipinski definition) is 2. The number of anilines is 1. The standard InChI is InChI=1S/C18H22N4O5S/c1-11-16(12(2)22(4)21-11)9-10-17(23)27-13(3)18(24)20-14-5-7-15(8-6-14)28(19,25)26/h5-10,13H,1-4H3,(H,20,24)(H2,19,25,26)/b10-9+/t13-/m0/s1. The molecule has 28 heavy (non-hydrogen) atoms. The fraction of sp³-hybridized carbons (Fsp3) is 0.278. The van der Waals surface area contributed by atoms with Crippen LogP contribution < -0.4 is 10.5 Å². The second-order valence-corrected chi connectivity index (χ2v) is 7.74. The average Bonchev–Trinajstić information content (AvgIpc) is 2.84. The van der Waals surface area contributed by atoms with Gasteiger partial charge in [-0.05, 0) is 51.1 Å². The number of aryl methyl sites for hydroxylation is 2. The van der Waals surface area contributed by atoms with E-state index in [1.165, 1.54) is 37.3 Å². The molecule has 0 radical (unpaired) electrons. The molecule has 9 nitrogen and oxygen atoms in total. The van der Waals surface area contributed by atoms with Gasteiger partial charge in [0, 0.05) is 30.1 Å². The number of carbonyl (C=O) groups excluding carboxylic acids is 2. The topological polar surface area (TPSA) is 133 Å². The van der Waals surface area contributed by atoms with Gasteiger partial charge in [-0.15, -0.1) is 0 Å². The van der Waals surface area contributed by atoms with Crippen molar-refractivity contribution in [1.82, 2.24) is 9.78 Å². The minimum Gasteiger partial charge on any atom is -0.449 e. The van der Waals surface area contributed by atoms with Gasteiger partial charge < -0.3 is 10.1 Å². The van der Waals surface area contributed by atoms with Gasteiger partial charge in [0.1, 0.15) is 0 Å². The van der Waals surface area contributed by atoms with Gasteiger partial charge >= 0.3 is 5.97 Å². The van der Waals surface area contributed by atoms with Gasteiger partial charge in [-0.1, -0.05) is 0 Å². The summed E-state index contributed by atoms with van der Waals surface area (Å²) in [6, 6.07) is 5.31. The Morgan fingerprint density at radius 1 is 1.25 bits per heavy atom. The minimum absolute atomic E-state index is 0.0731. The Morgan fingerprint density at radius 2 is 1.86 bits per heavy atom. The van der Waals surface area contributed by atoms with Crippen LogP contribution in [0, 0.1) is 13.8 Å². The lowest BCUT2D eigenvalue weighted by molar-refractivity contribution is -0.148. The zero-order valence-electron chi connectivity index (χ0n) is 16.0. The van der Waals surface area contributed by atoms with Crippen molar-refractivity contribution in [2.75, 3.05) is 5.32 Å². The lowest BCUT2D eigenvalue weighted by atomic mass is 10.2. The minimum atomic E-state index is -3.81. The van der Waals surface area contributed by atoms with Gasteiger partial charge in [0.25, 0.3) is 5.91 Å². The molecule has 1 atom stereocenters. The number of aromatic nitrogens is 2. The third-order valence-electron chi connectivity index (χ3n) is 4.06. The molecule has 3 N–H and O–H groups in total. The molecule has 10 heteroatoms. The fourth-order valence-corrected chi connectivity index (χ4v) is 2.94. The van der Waals surface area contributed by atoms with Crippen LogP contribution in [-0.2, 0) is 31.4 Å². The summed E-state index contributed by atoms with van der Waals surface area (Å²) < 4.78 is 29.2. The molecular weight excluding hydrogens is 384 g/mol. The molecule has 0 aliphatic rings. The molecule has 1 amide bonds. The maximum Gasteiger partial charge on any atom is 0.331 e. The van der Waals surface area contributed by atoms with Crippen LogP contribution in [0.4, 0.5) is 5.69 Å². The molecule has 1 aromatic carbocycles. The first-order valence-electron chi connectivity index (χ1n) is 8.31. The Balaban J connectivity index is 1.96. The molecule has 0 saturated heterocycles. The molecule has 0 unspecified atom stereocenters. The van der Waals surface area contributed by atoms with Crippen LogP contribution in [0.5, 0.6) is 0 Å². The molecule has 0 spiro atoms. The number of amides is 1. The third kappa shape index (κ3) is 5.27. The van der Waals surface area contributed by atoms with Crippen molar-refractivity contribution in [3.8, 4) is 0 Å². The highest BCUT2D eigenvalue weighted by atomic mass is 32.2. The van der Waals surface area contributed by atoms with E-state index < -0.39 is 28.0 Å². The number of nitrogens with two attached hydrogens (primary N) is 1. The van der Waals surface area contributed by atoms with Crippen molar-refractivity contribution in [3.63, 3.8) is 0 Å². The number of carbonyl (C=O) groups is 2. The smallest absolute Gasteiger partial charge is 0.331 e. The summed E-state index contributed by atoms with van der Waals surface area (Å²) in [5.74, 6) is -1.23. The van der Waals surface area contributed by atoms with Crippen molar-refractivity contribution < 1.29 is 22.7 Å². The van der Waals surface area contributed by atoms with Gasteiger partial charge in [0.05, 0.1) is 10.6 Å². The number of primary sulfonamides is 1. The predicted octanol–water partition coefficient (Wildman–Crippen LogP) is 1.27. The number of esters is 1. The molecule has 150 valence electrons. The summed E-state index contributed by atoms with van der Waals surface area (Å²) >= 11 is 0. The average molecular weight is 406 g/mol. The van der Waals surface area contributed by atoms with Gasteiger partial charge in [0.15, 0.2) is 6.10 Å². The van der Waals surface area contributed by atoms with Crippen molar-refractivity contribution in [2.24, 2.45) is 12.2 Å². The van der Waals surface area contributed by atoms with Gasteiger partial charge in [-0.25, -0.2) is 18.4 Å². The molecule has 0 bridgehead atoms. The number of benzene rings is 1. The van der Waals surface area contributed by atoms with Crippen molar-refractivity contribution in [3.05, 3.63) is 47.3 Å². The summed E-state index contributed by atoms with van der Waals surface area (Å²) in [5, 5.41) is 11.8. The van der Waals surface area contributed by atoms with E-state index in [1.54, 1.807) is 17.8 Å². The lowest BCUT2D eigenvalue weighted by Gasteiger charge is -2.12.